The first kappa shape index (κ1) is 19.1. The van der Waals surface area contributed by atoms with E-state index < -0.39 is 5.60 Å². The largest absolute Gasteiger partial charge is 0.455 e. The van der Waals surface area contributed by atoms with Crippen LogP contribution in [0.5, 0.6) is 0 Å². The van der Waals surface area contributed by atoms with Crippen molar-refractivity contribution in [2.24, 2.45) is 0 Å². The Balaban J connectivity index is 1.58. The molecule has 0 N–H and O–H groups in total. The maximum absolute atomic E-state index is 12.6. The van der Waals surface area contributed by atoms with Gasteiger partial charge in [0.15, 0.2) is 5.76 Å². The minimum absolute atomic E-state index is 0.0762. The van der Waals surface area contributed by atoms with E-state index in [4.69, 9.17) is 9.15 Å². The van der Waals surface area contributed by atoms with Crippen LogP contribution in [0.3, 0.4) is 0 Å². The molecule has 2 aliphatic rings. The fraction of sp³-hybridized carbons (Fsp3) is 0.684. The van der Waals surface area contributed by atoms with Gasteiger partial charge in [-0.05, 0) is 31.7 Å². The van der Waals surface area contributed by atoms with Crippen LogP contribution in [0.2, 0.25) is 0 Å². The second-order valence-corrected chi connectivity index (χ2v) is 8.17. The van der Waals surface area contributed by atoms with Crippen LogP contribution in [0.1, 0.15) is 55.8 Å². The predicted octanol–water partition coefficient (Wildman–Crippen LogP) is 3.76. The zero-order valence-corrected chi connectivity index (χ0v) is 16.6. The van der Waals surface area contributed by atoms with Crippen molar-refractivity contribution >= 4 is 23.8 Å². The number of carbonyl (C=O) groups is 2. The first-order valence-corrected chi connectivity index (χ1v) is 10.7. The maximum Gasteiger partial charge on any atom is 0.410 e. The van der Waals surface area contributed by atoms with E-state index in [0.29, 0.717) is 38.2 Å². The molecule has 3 rings (SSSR count). The minimum atomic E-state index is -0.441. The summed E-state index contributed by atoms with van der Waals surface area (Å²) in [5.74, 6) is 1.90. The van der Waals surface area contributed by atoms with Crippen LogP contribution in [0.4, 0.5) is 4.79 Å². The quantitative estimate of drug-likeness (QED) is 0.752. The number of furan rings is 1. The van der Waals surface area contributed by atoms with E-state index in [1.54, 1.807) is 22.7 Å². The van der Waals surface area contributed by atoms with Crippen LogP contribution in [-0.4, -0.2) is 59.3 Å². The SMILES string of the molecule is CCCC(C)N1CC2(CCN(C(=O)c3ccc(CSC)o3)CC2)OC1=O. The third-order valence-corrected chi connectivity index (χ3v) is 5.93. The molecular weight excluding hydrogens is 352 g/mol. The van der Waals surface area contributed by atoms with Gasteiger partial charge in [0, 0.05) is 32.0 Å². The molecule has 2 aliphatic heterocycles. The third kappa shape index (κ3) is 3.87. The van der Waals surface area contributed by atoms with Crippen molar-refractivity contribution in [3.63, 3.8) is 0 Å². The van der Waals surface area contributed by atoms with Crippen molar-refractivity contribution in [1.29, 1.82) is 0 Å². The topological polar surface area (TPSA) is 63.0 Å². The number of carbonyl (C=O) groups excluding carboxylic acids is 2. The van der Waals surface area contributed by atoms with Crippen molar-refractivity contribution in [1.82, 2.24) is 9.80 Å². The van der Waals surface area contributed by atoms with Gasteiger partial charge in [-0.2, -0.15) is 11.8 Å². The predicted molar refractivity (Wildman–Crippen MR) is 101 cm³/mol. The van der Waals surface area contributed by atoms with Gasteiger partial charge in [-0.1, -0.05) is 13.3 Å². The number of nitrogens with zero attached hydrogens (tertiary/aromatic N) is 2. The molecule has 1 unspecified atom stereocenters. The molecule has 144 valence electrons. The van der Waals surface area contributed by atoms with Gasteiger partial charge < -0.3 is 19.0 Å². The molecule has 0 bridgehead atoms. The van der Waals surface area contributed by atoms with E-state index in [9.17, 15) is 9.59 Å². The van der Waals surface area contributed by atoms with Crippen LogP contribution in [0, 0.1) is 0 Å². The first-order chi connectivity index (χ1) is 12.5. The van der Waals surface area contributed by atoms with Gasteiger partial charge in [0.05, 0.1) is 12.3 Å². The van der Waals surface area contributed by atoms with Crippen molar-refractivity contribution in [2.75, 3.05) is 25.9 Å². The summed E-state index contributed by atoms with van der Waals surface area (Å²) in [7, 11) is 0. The lowest BCUT2D eigenvalue weighted by molar-refractivity contribution is 0.00216. The molecule has 1 spiro atoms. The fourth-order valence-corrected chi connectivity index (χ4v) is 4.25. The van der Waals surface area contributed by atoms with Gasteiger partial charge in [0.25, 0.3) is 5.91 Å². The van der Waals surface area contributed by atoms with Crippen LogP contribution in [0.15, 0.2) is 16.5 Å². The summed E-state index contributed by atoms with van der Waals surface area (Å²) < 4.78 is 11.4. The number of likely N-dealkylation sites (tertiary alicyclic amines) is 1. The Morgan fingerprint density at radius 2 is 2.08 bits per heavy atom. The Morgan fingerprint density at radius 1 is 1.35 bits per heavy atom. The molecule has 1 aromatic heterocycles. The van der Waals surface area contributed by atoms with Crippen molar-refractivity contribution < 1.29 is 18.7 Å². The third-order valence-electron chi connectivity index (χ3n) is 5.36. The molecule has 2 saturated heterocycles. The standard InChI is InChI=1S/C19H28N2O4S/c1-4-5-14(2)21-13-19(25-18(21)23)8-10-20(11-9-19)17(22)16-7-6-15(24-16)12-26-3/h6-7,14H,4-5,8-13H2,1-3H3. The molecule has 2 fully saturated rings. The average Bonchev–Trinajstić information content (AvgIpc) is 3.21. The van der Waals surface area contributed by atoms with Gasteiger partial charge in [-0.3, -0.25) is 4.79 Å². The zero-order valence-electron chi connectivity index (χ0n) is 15.8. The van der Waals surface area contributed by atoms with Gasteiger partial charge in [0.2, 0.25) is 0 Å². The molecular formula is C19H28N2O4S. The number of amides is 2. The summed E-state index contributed by atoms with van der Waals surface area (Å²) in [6.07, 6.45) is 5.17. The second kappa shape index (κ2) is 7.94. The fourth-order valence-electron chi connectivity index (χ4n) is 3.81. The number of thioether (sulfide) groups is 1. The van der Waals surface area contributed by atoms with Crippen LogP contribution >= 0.6 is 11.8 Å². The maximum atomic E-state index is 12.6. The minimum Gasteiger partial charge on any atom is -0.455 e. The summed E-state index contributed by atoms with van der Waals surface area (Å²) in [6, 6.07) is 3.81. The van der Waals surface area contributed by atoms with Crippen molar-refractivity contribution in [2.45, 2.75) is 56.9 Å². The summed E-state index contributed by atoms with van der Waals surface area (Å²) in [4.78, 5) is 28.6. The van der Waals surface area contributed by atoms with Gasteiger partial charge in [-0.25, -0.2) is 4.79 Å². The van der Waals surface area contributed by atoms with E-state index in [1.807, 2.05) is 17.2 Å². The Hall–Kier alpha value is -1.63. The van der Waals surface area contributed by atoms with Gasteiger partial charge in [0.1, 0.15) is 11.4 Å². The van der Waals surface area contributed by atoms with Gasteiger partial charge in [-0.15, -0.1) is 0 Å². The molecule has 3 heterocycles. The highest BCUT2D eigenvalue weighted by Crippen LogP contribution is 2.35. The molecule has 0 radical (unpaired) electrons. The molecule has 0 saturated carbocycles. The summed E-state index contributed by atoms with van der Waals surface area (Å²) >= 11 is 1.66. The van der Waals surface area contributed by atoms with Crippen LogP contribution < -0.4 is 0 Å². The summed E-state index contributed by atoms with van der Waals surface area (Å²) in [6.45, 7) is 6.00. The van der Waals surface area contributed by atoms with E-state index in [1.165, 1.54) is 0 Å². The lowest BCUT2D eigenvalue weighted by Gasteiger charge is -2.37. The summed E-state index contributed by atoms with van der Waals surface area (Å²) in [5, 5.41) is 0. The van der Waals surface area contributed by atoms with Crippen molar-refractivity contribution in [3.05, 3.63) is 23.7 Å². The second-order valence-electron chi connectivity index (χ2n) is 7.31. The zero-order chi connectivity index (χ0) is 18.7. The number of piperidine rings is 1. The van der Waals surface area contributed by atoms with Crippen LogP contribution in [-0.2, 0) is 10.5 Å². The molecule has 1 aromatic rings. The van der Waals surface area contributed by atoms with E-state index in [0.717, 1.165) is 24.4 Å². The molecule has 26 heavy (non-hydrogen) atoms. The monoisotopic (exact) mass is 380 g/mol. The first-order valence-electron chi connectivity index (χ1n) is 9.34. The highest BCUT2D eigenvalue weighted by Gasteiger charge is 2.48. The van der Waals surface area contributed by atoms with Gasteiger partial charge >= 0.3 is 6.09 Å². The lowest BCUT2D eigenvalue weighted by atomic mass is 9.91. The molecule has 0 aromatic carbocycles. The average molecular weight is 381 g/mol. The smallest absolute Gasteiger partial charge is 0.410 e. The molecule has 2 amide bonds. The molecule has 7 heteroatoms. The number of rotatable bonds is 6. The highest BCUT2D eigenvalue weighted by molar-refractivity contribution is 7.97. The number of hydrogen-bond donors (Lipinski definition) is 0. The molecule has 0 aliphatic carbocycles. The van der Waals surface area contributed by atoms with Crippen molar-refractivity contribution in [3.8, 4) is 0 Å². The Labute approximate surface area is 159 Å². The lowest BCUT2D eigenvalue weighted by Crippen LogP contribution is -2.49. The van der Waals surface area contributed by atoms with E-state index in [-0.39, 0.29) is 18.0 Å². The number of hydrogen-bond acceptors (Lipinski definition) is 5. The summed E-state index contributed by atoms with van der Waals surface area (Å²) in [5.41, 5.74) is -0.441. The Kier molecular flexibility index (Phi) is 5.85. The Morgan fingerprint density at radius 3 is 2.73 bits per heavy atom. The Bertz CT molecular complexity index is 652. The van der Waals surface area contributed by atoms with Crippen LogP contribution in [0.25, 0.3) is 0 Å². The normalized spacial score (nSPS) is 20.5. The number of ether oxygens (including phenoxy) is 1. The molecule has 6 nitrogen and oxygen atoms in total. The highest BCUT2D eigenvalue weighted by atomic mass is 32.2. The van der Waals surface area contributed by atoms with E-state index in [2.05, 4.69) is 13.8 Å². The van der Waals surface area contributed by atoms with E-state index >= 15 is 0 Å². The molecule has 1 atom stereocenters.